The first-order chi connectivity index (χ1) is 11.9. The molecule has 3 nitrogen and oxygen atoms in total. The first-order valence-corrected chi connectivity index (χ1v) is 9.39. The van der Waals surface area contributed by atoms with Crippen molar-refractivity contribution in [2.24, 2.45) is 5.73 Å². The molecule has 0 aliphatic carbocycles. The van der Waals surface area contributed by atoms with E-state index in [2.05, 4.69) is 88.1 Å². The van der Waals surface area contributed by atoms with Crippen LogP contribution < -0.4 is 10.6 Å². The summed E-state index contributed by atoms with van der Waals surface area (Å²) in [5.41, 5.74) is 10.4. The molecule has 25 heavy (non-hydrogen) atoms. The van der Waals surface area contributed by atoms with Crippen LogP contribution in [0.1, 0.15) is 51.2 Å². The quantitative estimate of drug-likeness (QED) is 0.761. The summed E-state index contributed by atoms with van der Waals surface area (Å²) in [5.74, 6) is 0.608. The van der Waals surface area contributed by atoms with Crippen molar-refractivity contribution in [1.29, 1.82) is 0 Å². The Hall–Kier alpha value is -1.74. The number of benzene rings is 1. The van der Waals surface area contributed by atoms with Crippen LogP contribution in [0.5, 0.6) is 0 Å². The first kappa shape index (κ1) is 21.3. The SMILES string of the molecule is C/C=C(\C)CN1c2ccc(C)cc2C(CN(C)CCC)C1C.C=CN. The summed E-state index contributed by atoms with van der Waals surface area (Å²) in [7, 11) is 2.26. The van der Waals surface area contributed by atoms with Gasteiger partial charge < -0.3 is 15.5 Å². The van der Waals surface area contributed by atoms with Crippen LogP contribution >= 0.6 is 0 Å². The molecular weight excluding hydrogens is 306 g/mol. The number of aryl methyl sites for hydroxylation is 1. The van der Waals surface area contributed by atoms with Crippen molar-refractivity contribution in [3.8, 4) is 0 Å². The minimum atomic E-state index is 0.561. The number of nitrogens with two attached hydrogens (primary N) is 1. The van der Waals surface area contributed by atoms with Crippen LogP contribution in [0.3, 0.4) is 0 Å². The van der Waals surface area contributed by atoms with Gasteiger partial charge in [0.05, 0.1) is 0 Å². The van der Waals surface area contributed by atoms with Gasteiger partial charge in [0.15, 0.2) is 0 Å². The largest absolute Gasteiger partial charge is 0.405 e. The van der Waals surface area contributed by atoms with Gasteiger partial charge in [0.1, 0.15) is 0 Å². The van der Waals surface area contributed by atoms with Crippen LogP contribution in [-0.4, -0.2) is 37.6 Å². The van der Waals surface area contributed by atoms with E-state index in [0.29, 0.717) is 12.0 Å². The highest BCUT2D eigenvalue weighted by molar-refractivity contribution is 5.63. The van der Waals surface area contributed by atoms with E-state index in [1.807, 2.05) is 0 Å². The summed E-state index contributed by atoms with van der Waals surface area (Å²) in [6, 6.07) is 7.54. The number of likely N-dealkylation sites (N-methyl/N-ethyl adjacent to an activating group) is 1. The summed E-state index contributed by atoms with van der Waals surface area (Å²) in [6.45, 7) is 17.7. The highest BCUT2D eigenvalue weighted by Gasteiger charge is 2.35. The van der Waals surface area contributed by atoms with E-state index in [4.69, 9.17) is 0 Å². The predicted molar refractivity (Wildman–Crippen MR) is 112 cm³/mol. The Balaban J connectivity index is 0.000000970. The van der Waals surface area contributed by atoms with Crippen molar-refractivity contribution in [3.05, 3.63) is 53.8 Å². The number of rotatable bonds is 6. The molecule has 140 valence electrons. The molecule has 1 aromatic carbocycles. The fourth-order valence-corrected chi connectivity index (χ4v) is 3.58. The van der Waals surface area contributed by atoms with Crippen LogP contribution in [0.4, 0.5) is 5.69 Å². The van der Waals surface area contributed by atoms with Crippen molar-refractivity contribution in [2.45, 2.75) is 53.0 Å². The van der Waals surface area contributed by atoms with Crippen LogP contribution in [0.15, 0.2) is 42.6 Å². The third-order valence-corrected chi connectivity index (χ3v) is 4.99. The summed E-state index contributed by atoms with van der Waals surface area (Å²) in [4.78, 5) is 5.08. The van der Waals surface area contributed by atoms with Gasteiger partial charge in [-0.2, -0.15) is 0 Å². The molecule has 1 aliphatic rings. The van der Waals surface area contributed by atoms with Crippen LogP contribution in [0.25, 0.3) is 0 Å². The molecule has 0 amide bonds. The second kappa shape index (κ2) is 10.3. The van der Waals surface area contributed by atoms with Gasteiger partial charge in [0.2, 0.25) is 0 Å². The fourth-order valence-electron chi connectivity index (χ4n) is 3.58. The number of nitrogens with zero attached hydrogens (tertiary/aromatic N) is 2. The van der Waals surface area contributed by atoms with Gasteiger partial charge in [-0.25, -0.2) is 0 Å². The monoisotopic (exact) mass is 343 g/mol. The van der Waals surface area contributed by atoms with E-state index in [1.165, 1.54) is 36.0 Å². The highest BCUT2D eigenvalue weighted by atomic mass is 15.2. The predicted octanol–water partition coefficient (Wildman–Crippen LogP) is 4.68. The molecule has 0 saturated carbocycles. The normalized spacial score (nSPS) is 19.5. The Morgan fingerprint density at radius 1 is 1.40 bits per heavy atom. The summed E-state index contributed by atoms with van der Waals surface area (Å²) < 4.78 is 0. The van der Waals surface area contributed by atoms with Crippen molar-refractivity contribution in [2.75, 3.05) is 31.6 Å². The van der Waals surface area contributed by atoms with E-state index in [0.717, 1.165) is 13.1 Å². The average Bonchev–Trinajstić information content (AvgIpc) is 2.81. The third-order valence-electron chi connectivity index (χ3n) is 4.99. The Morgan fingerprint density at radius 2 is 2.04 bits per heavy atom. The van der Waals surface area contributed by atoms with Gasteiger partial charge in [-0.1, -0.05) is 42.8 Å². The maximum absolute atomic E-state index is 4.61. The second-order valence-electron chi connectivity index (χ2n) is 7.17. The van der Waals surface area contributed by atoms with Gasteiger partial charge in [-0.05, 0) is 65.5 Å². The van der Waals surface area contributed by atoms with Crippen molar-refractivity contribution >= 4 is 5.69 Å². The Labute approximate surface area is 155 Å². The second-order valence-corrected chi connectivity index (χ2v) is 7.17. The molecule has 1 heterocycles. The maximum atomic E-state index is 4.61. The van der Waals surface area contributed by atoms with E-state index in [-0.39, 0.29) is 0 Å². The molecule has 0 aromatic heterocycles. The van der Waals surface area contributed by atoms with Crippen LogP contribution in [0.2, 0.25) is 0 Å². The zero-order valence-electron chi connectivity index (χ0n) is 17.0. The molecule has 0 fully saturated rings. The van der Waals surface area contributed by atoms with Gasteiger partial charge in [-0.3, -0.25) is 0 Å². The number of hydrogen-bond acceptors (Lipinski definition) is 3. The lowest BCUT2D eigenvalue weighted by molar-refractivity contribution is 0.301. The molecule has 2 unspecified atom stereocenters. The third kappa shape index (κ3) is 5.64. The highest BCUT2D eigenvalue weighted by Crippen LogP contribution is 2.42. The van der Waals surface area contributed by atoms with Crippen molar-refractivity contribution in [1.82, 2.24) is 4.90 Å². The lowest BCUT2D eigenvalue weighted by Gasteiger charge is -2.29. The number of hydrogen-bond donors (Lipinski definition) is 1. The topological polar surface area (TPSA) is 32.5 Å². The van der Waals surface area contributed by atoms with Crippen molar-refractivity contribution < 1.29 is 0 Å². The minimum Gasteiger partial charge on any atom is -0.405 e. The Kier molecular flexibility index (Phi) is 8.77. The molecule has 1 aliphatic heterocycles. The summed E-state index contributed by atoms with van der Waals surface area (Å²) in [5, 5.41) is 0. The molecule has 0 saturated heterocycles. The van der Waals surface area contributed by atoms with Crippen molar-refractivity contribution in [3.63, 3.8) is 0 Å². The molecule has 0 spiro atoms. The molecule has 1 aromatic rings. The van der Waals surface area contributed by atoms with E-state index >= 15 is 0 Å². The minimum absolute atomic E-state index is 0.561. The van der Waals surface area contributed by atoms with E-state index in [9.17, 15) is 0 Å². The molecule has 0 bridgehead atoms. The first-order valence-electron chi connectivity index (χ1n) is 9.39. The zero-order valence-corrected chi connectivity index (χ0v) is 17.0. The molecular formula is C22H37N3. The number of fused-ring (bicyclic) bond motifs is 1. The standard InChI is InChI=1S/C20H32N2.C2H5N/c1-7-11-21(6)14-19-17(5)22(13-15(3)8-2)20-10-9-16(4)12-18(19)20;1-2-3/h8-10,12,17,19H,7,11,13-14H2,1-6H3;2H,1,3H2/b15-8+;. The molecule has 2 atom stereocenters. The Bertz CT molecular complexity index is 577. The summed E-state index contributed by atoms with van der Waals surface area (Å²) >= 11 is 0. The van der Waals surface area contributed by atoms with Gasteiger partial charge in [-0.15, -0.1) is 0 Å². The lowest BCUT2D eigenvalue weighted by atomic mass is 9.94. The van der Waals surface area contributed by atoms with Gasteiger partial charge >= 0.3 is 0 Å². The Morgan fingerprint density at radius 3 is 2.60 bits per heavy atom. The average molecular weight is 344 g/mol. The molecule has 3 heteroatoms. The van der Waals surface area contributed by atoms with E-state index in [1.54, 1.807) is 5.56 Å². The zero-order chi connectivity index (χ0) is 19.0. The summed E-state index contributed by atoms with van der Waals surface area (Å²) in [6.07, 6.45) is 4.71. The van der Waals surface area contributed by atoms with Crippen LogP contribution in [0, 0.1) is 6.92 Å². The number of anilines is 1. The smallest absolute Gasteiger partial charge is 0.0408 e. The van der Waals surface area contributed by atoms with Gasteiger partial charge in [0.25, 0.3) is 0 Å². The fraction of sp³-hybridized carbons (Fsp3) is 0.545. The number of allylic oxidation sites excluding steroid dienone is 1. The maximum Gasteiger partial charge on any atom is 0.0408 e. The molecule has 2 rings (SSSR count). The lowest BCUT2D eigenvalue weighted by Crippen LogP contribution is -2.37. The molecule has 2 N–H and O–H groups in total. The van der Waals surface area contributed by atoms with Crippen LogP contribution in [-0.2, 0) is 0 Å². The van der Waals surface area contributed by atoms with Gasteiger partial charge in [0, 0.05) is 30.7 Å². The molecule has 0 radical (unpaired) electrons. The van der Waals surface area contributed by atoms with E-state index < -0.39 is 0 Å².